The van der Waals surface area contributed by atoms with Crippen LogP contribution in [-0.2, 0) is 6.54 Å². The number of carbonyl (C=O) groups is 1. The van der Waals surface area contributed by atoms with Crippen LogP contribution in [0.25, 0.3) is 0 Å². The second-order valence-corrected chi connectivity index (χ2v) is 3.87. The van der Waals surface area contributed by atoms with Crippen molar-refractivity contribution >= 4 is 5.91 Å². The van der Waals surface area contributed by atoms with E-state index >= 15 is 0 Å². The van der Waals surface area contributed by atoms with Crippen LogP contribution in [0.1, 0.15) is 21.8 Å². The molecule has 1 N–H and O–H groups in total. The maximum absolute atomic E-state index is 11.7. The van der Waals surface area contributed by atoms with Crippen LogP contribution in [0.5, 0.6) is 5.75 Å². The van der Waals surface area contributed by atoms with Crippen LogP contribution in [0.2, 0.25) is 0 Å². The smallest absolute Gasteiger partial charge is 0.290 e. The molecule has 5 nitrogen and oxygen atoms in total. The second-order valence-electron chi connectivity index (χ2n) is 3.87. The van der Waals surface area contributed by atoms with Crippen molar-refractivity contribution in [2.24, 2.45) is 0 Å². The Labute approximate surface area is 105 Å². The fourth-order valence-electron chi connectivity index (χ4n) is 1.52. The van der Waals surface area contributed by atoms with E-state index in [-0.39, 0.29) is 11.7 Å². The molecule has 18 heavy (non-hydrogen) atoms. The molecule has 0 radical (unpaired) electrons. The van der Waals surface area contributed by atoms with E-state index in [1.807, 2.05) is 24.3 Å². The highest BCUT2D eigenvalue weighted by Gasteiger charge is 2.10. The molecule has 0 aliphatic carbocycles. The Hall–Kier alpha value is -2.30. The van der Waals surface area contributed by atoms with E-state index in [4.69, 9.17) is 9.26 Å². The Kier molecular flexibility index (Phi) is 3.62. The van der Waals surface area contributed by atoms with Gasteiger partial charge in [-0.15, -0.1) is 0 Å². The third kappa shape index (κ3) is 2.88. The van der Waals surface area contributed by atoms with Crippen molar-refractivity contribution in [1.29, 1.82) is 0 Å². The number of ether oxygens (including phenoxy) is 1. The van der Waals surface area contributed by atoms with E-state index < -0.39 is 0 Å². The number of aryl methyl sites for hydroxylation is 1. The summed E-state index contributed by atoms with van der Waals surface area (Å²) in [5, 5.41) is 6.42. The van der Waals surface area contributed by atoms with Crippen LogP contribution in [0.3, 0.4) is 0 Å². The highest BCUT2D eigenvalue weighted by atomic mass is 16.5. The molecule has 0 unspecified atom stereocenters. The number of nitrogens with one attached hydrogen (secondary N) is 1. The number of nitrogens with zero attached hydrogens (tertiary/aromatic N) is 1. The van der Waals surface area contributed by atoms with Crippen LogP contribution in [0.4, 0.5) is 0 Å². The Bertz CT molecular complexity index is 549. The number of methoxy groups -OCH3 is 1. The zero-order valence-electron chi connectivity index (χ0n) is 10.3. The van der Waals surface area contributed by atoms with Crippen LogP contribution in [0, 0.1) is 6.92 Å². The van der Waals surface area contributed by atoms with Gasteiger partial charge in [0.1, 0.15) is 5.75 Å². The molecule has 0 aliphatic heterocycles. The molecule has 5 heteroatoms. The molecule has 1 heterocycles. The molecular formula is C13H14N2O3. The molecule has 1 amide bonds. The molecule has 94 valence electrons. The summed E-state index contributed by atoms with van der Waals surface area (Å²) in [5.74, 6) is 0.700. The number of hydrogen-bond donors (Lipinski definition) is 1. The van der Waals surface area contributed by atoms with Gasteiger partial charge in [-0.2, -0.15) is 0 Å². The van der Waals surface area contributed by atoms with Crippen LogP contribution in [-0.4, -0.2) is 18.2 Å². The first kappa shape index (κ1) is 12.2. The number of benzene rings is 1. The van der Waals surface area contributed by atoms with E-state index in [1.165, 1.54) is 0 Å². The maximum Gasteiger partial charge on any atom is 0.290 e. The number of carbonyl (C=O) groups excluding carboxylic acids is 1. The van der Waals surface area contributed by atoms with E-state index in [0.717, 1.165) is 11.3 Å². The van der Waals surface area contributed by atoms with Gasteiger partial charge in [0, 0.05) is 12.6 Å². The first-order valence-electron chi connectivity index (χ1n) is 5.53. The Balaban J connectivity index is 1.97. The summed E-state index contributed by atoms with van der Waals surface area (Å²) >= 11 is 0. The third-order valence-corrected chi connectivity index (χ3v) is 2.44. The maximum atomic E-state index is 11.7. The summed E-state index contributed by atoms with van der Waals surface area (Å²) in [6.07, 6.45) is 0. The molecule has 0 spiro atoms. The lowest BCUT2D eigenvalue weighted by molar-refractivity contribution is 0.0914. The van der Waals surface area contributed by atoms with Gasteiger partial charge in [0.25, 0.3) is 5.91 Å². The van der Waals surface area contributed by atoms with Gasteiger partial charge in [-0.25, -0.2) is 0 Å². The Morgan fingerprint density at radius 3 is 2.94 bits per heavy atom. The largest absolute Gasteiger partial charge is 0.497 e. The van der Waals surface area contributed by atoms with Crippen molar-refractivity contribution < 1.29 is 14.1 Å². The van der Waals surface area contributed by atoms with Gasteiger partial charge in [-0.05, 0) is 24.6 Å². The number of aromatic nitrogens is 1. The van der Waals surface area contributed by atoms with Crippen molar-refractivity contribution in [3.8, 4) is 5.75 Å². The minimum atomic E-state index is -0.279. The van der Waals surface area contributed by atoms with Crippen molar-refractivity contribution in [2.45, 2.75) is 13.5 Å². The monoisotopic (exact) mass is 246 g/mol. The standard InChI is InChI=1S/C13H14N2O3/c1-9-6-12(18-15-9)13(16)14-8-10-4-3-5-11(7-10)17-2/h3-7H,8H2,1-2H3,(H,14,16). The SMILES string of the molecule is COc1cccc(CNC(=O)c2cc(C)no2)c1. The van der Waals surface area contributed by atoms with Gasteiger partial charge in [-0.1, -0.05) is 17.3 Å². The van der Waals surface area contributed by atoms with Crippen LogP contribution >= 0.6 is 0 Å². The lowest BCUT2D eigenvalue weighted by Crippen LogP contribution is -2.22. The highest BCUT2D eigenvalue weighted by Crippen LogP contribution is 2.12. The lowest BCUT2D eigenvalue weighted by Gasteiger charge is -2.05. The minimum absolute atomic E-state index is 0.218. The Morgan fingerprint density at radius 2 is 2.28 bits per heavy atom. The zero-order chi connectivity index (χ0) is 13.0. The third-order valence-electron chi connectivity index (χ3n) is 2.44. The number of amides is 1. The Morgan fingerprint density at radius 1 is 1.44 bits per heavy atom. The molecule has 0 saturated heterocycles. The molecule has 1 aromatic heterocycles. The molecule has 2 aromatic rings. The predicted octanol–water partition coefficient (Wildman–Crippen LogP) is 1.92. The molecule has 0 bridgehead atoms. The zero-order valence-corrected chi connectivity index (χ0v) is 10.3. The molecule has 0 fully saturated rings. The highest BCUT2D eigenvalue weighted by molar-refractivity contribution is 5.91. The van der Waals surface area contributed by atoms with Crippen molar-refractivity contribution in [1.82, 2.24) is 10.5 Å². The van der Waals surface area contributed by atoms with Gasteiger partial charge in [-0.3, -0.25) is 4.79 Å². The normalized spacial score (nSPS) is 10.1. The summed E-state index contributed by atoms with van der Waals surface area (Å²) < 4.78 is 9.98. The van der Waals surface area contributed by atoms with Gasteiger partial charge in [0.15, 0.2) is 0 Å². The van der Waals surface area contributed by atoms with Gasteiger partial charge < -0.3 is 14.6 Å². The predicted molar refractivity (Wildman–Crippen MR) is 65.4 cm³/mol. The fraction of sp³-hybridized carbons (Fsp3) is 0.231. The van der Waals surface area contributed by atoms with Crippen LogP contribution < -0.4 is 10.1 Å². The molecule has 1 aromatic carbocycles. The fourth-order valence-corrected chi connectivity index (χ4v) is 1.52. The summed E-state index contributed by atoms with van der Waals surface area (Å²) in [5.41, 5.74) is 1.64. The van der Waals surface area contributed by atoms with Crippen molar-refractivity contribution in [3.63, 3.8) is 0 Å². The molecule has 0 saturated carbocycles. The van der Waals surface area contributed by atoms with Crippen molar-refractivity contribution in [2.75, 3.05) is 7.11 Å². The van der Waals surface area contributed by atoms with Gasteiger partial charge >= 0.3 is 0 Å². The number of hydrogen-bond acceptors (Lipinski definition) is 4. The van der Waals surface area contributed by atoms with E-state index in [2.05, 4.69) is 10.5 Å². The molecule has 0 aliphatic rings. The quantitative estimate of drug-likeness (QED) is 0.895. The average Bonchev–Trinajstić information content (AvgIpc) is 2.83. The summed E-state index contributed by atoms with van der Waals surface area (Å²) in [6, 6.07) is 9.10. The number of rotatable bonds is 4. The second kappa shape index (κ2) is 5.35. The summed E-state index contributed by atoms with van der Waals surface area (Å²) in [6.45, 7) is 2.18. The average molecular weight is 246 g/mol. The lowest BCUT2D eigenvalue weighted by atomic mass is 10.2. The first-order chi connectivity index (χ1) is 8.69. The molecule has 0 atom stereocenters. The van der Waals surface area contributed by atoms with Gasteiger partial charge in [0.05, 0.1) is 12.8 Å². The molecular weight excluding hydrogens is 232 g/mol. The molecule has 2 rings (SSSR count). The first-order valence-corrected chi connectivity index (χ1v) is 5.53. The van der Waals surface area contributed by atoms with Gasteiger partial charge in [0.2, 0.25) is 5.76 Å². The van der Waals surface area contributed by atoms with E-state index in [1.54, 1.807) is 20.1 Å². The summed E-state index contributed by atoms with van der Waals surface area (Å²) in [7, 11) is 1.61. The topological polar surface area (TPSA) is 64.4 Å². The van der Waals surface area contributed by atoms with Crippen molar-refractivity contribution in [3.05, 3.63) is 47.3 Å². The van der Waals surface area contributed by atoms with Crippen LogP contribution in [0.15, 0.2) is 34.9 Å². The van der Waals surface area contributed by atoms with E-state index in [9.17, 15) is 4.79 Å². The summed E-state index contributed by atoms with van der Waals surface area (Å²) in [4.78, 5) is 11.7. The van der Waals surface area contributed by atoms with E-state index in [0.29, 0.717) is 12.2 Å². The minimum Gasteiger partial charge on any atom is -0.497 e.